The lowest BCUT2D eigenvalue weighted by molar-refractivity contribution is 0.0766. The summed E-state index contributed by atoms with van der Waals surface area (Å²) in [6.45, 7) is 2.39. The van der Waals surface area contributed by atoms with Crippen molar-refractivity contribution in [2.24, 2.45) is 0 Å². The number of ether oxygens (including phenoxy) is 2. The molecule has 11 heteroatoms. The number of nitrogens with zero attached hydrogens (tertiary/aromatic N) is 7. The summed E-state index contributed by atoms with van der Waals surface area (Å²) in [5.74, 6) is 0.780. The lowest BCUT2D eigenvalue weighted by atomic mass is 10.1. The van der Waals surface area contributed by atoms with E-state index in [2.05, 4.69) is 30.9 Å². The molecule has 168 valence electrons. The highest BCUT2D eigenvalue weighted by atomic mass is 32.1. The second-order valence-corrected chi connectivity index (χ2v) is 8.51. The molecular weight excluding hydrogens is 442 g/mol. The number of anilines is 1. The summed E-state index contributed by atoms with van der Waals surface area (Å²) in [5, 5.41) is 11.2. The van der Waals surface area contributed by atoms with Crippen molar-refractivity contribution in [1.82, 2.24) is 24.8 Å². The molecule has 2 aliphatic rings. The Bertz CT molecular complexity index is 1210. The summed E-state index contributed by atoms with van der Waals surface area (Å²) < 4.78 is 11.4. The van der Waals surface area contributed by atoms with Gasteiger partial charge in [-0.15, -0.1) is 11.3 Å². The third kappa shape index (κ3) is 4.17. The molecule has 0 bridgehead atoms. The topological polar surface area (TPSA) is 117 Å². The first-order valence-corrected chi connectivity index (χ1v) is 11.5. The summed E-state index contributed by atoms with van der Waals surface area (Å²) in [6.07, 6.45) is 4.54. The van der Waals surface area contributed by atoms with E-state index in [4.69, 9.17) is 9.47 Å². The van der Waals surface area contributed by atoms with Gasteiger partial charge in [-0.3, -0.25) is 4.79 Å². The van der Waals surface area contributed by atoms with Crippen LogP contribution in [-0.4, -0.2) is 63.6 Å². The second-order valence-electron chi connectivity index (χ2n) is 7.79. The number of fused-ring (bicyclic) bond motifs is 1. The summed E-state index contributed by atoms with van der Waals surface area (Å²) in [7, 11) is 1.50. The van der Waals surface area contributed by atoms with Crippen LogP contribution in [0.1, 0.15) is 33.7 Å². The molecule has 0 saturated carbocycles. The number of thiazole rings is 1. The van der Waals surface area contributed by atoms with Crippen LogP contribution in [0.2, 0.25) is 0 Å². The van der Waals surface area contributed by atoms with Gasteiger partial charge in [0.15, 0.2) is 0 Å². The molecule has 0 aromatic carbocycles. The normalized spacial score (nSPS) is 17.4. The molecule has 1 atom stereocenters. The van der Waals surface area contributed by atoms with Gasteiger partial charge in [0.2, 0.25) is 11.8 Å². The minimum Gasteiger partial charge on any atom is -0.480 e. The van der Waals surface area contributed by atoms with Crippen molar-refractivity contribution in [3.63, 3.8) is 0 Å². The van der Waals surface area contributed by atoms with Crippen molar-refractivity contribution in [3.8, 4) is 17.8 Å². The first-order chi connectivity index (χ1) is 16.2. The number of amides is 1. The number of hydrogen-bond acceptors (Lipinski definition) is 10. The van der Waals surface area contributed by atoms with Crippen molar-refractivity contribution in [3.05, 3.63) is 52.0 Å². The largest absolute Gasteiger partial charge is 0.480 e. The number of pyridine rings is 1. The lowest BCUT2D eigenvalue weighted by Gasteiger charge is -2.31. The van der Waals surface area contributed by atoms with Crippen LogP contribution in [0.4, 0.5) is 5.69 Å². The number of hydrogen-bond donors (Lipinski definition) is 0. The Labute approximate surface area is 194 Å². The highest BCUT2D eigenvalue weighted by molar-refractivity contribution is 7.07. The third-order valence-corrected chi connectivity index (χ3v) is 6.43. The zero-order valence-electron chi connectivity index (χ0n) is 18.0. The summed E-state index contributed by atoms with van der Waals surface area (Å²) in [6, 6.07) is 3.91. The number of rotatable bonds is 5. The molecule has 33 heavy (non-hydrogen) atoms. The first-order valence-electron chi connectivity index (χ1n) is 10.5. The number of aromatic nitrogens is 4. The van der Waals surface area contributed by atoms with E-state index in [0.29, 0.717) is 42.7 Å². The van der Waals surface area contributed by atoms with Gasteiger partial charge in [0, 0.05) is 31.3 Å². The number of nitriles is 1. The van der Waals surface area contributed by atoms with E-state index in [0.717, 1.165) is 36.3 Å². The number of likely N-dealkylation sites (tertiary alicyclic amines) is 1. The summed E-state index contributed by atoms with van der Waals surface area (Å²) >= 11 is 1.41. The standard InChI is InChI=1S/C22H21N7O3S/c1-31-20-14(7-23)6-15(8-24-20)28-5-3-18-17(10-28)21(26-12-25-18)32-16-2-4-29(9-16)22(30)19-11-33-13-27-19/h6,8,11-13,16H,2-5,9-10H2,1H3/t16-/m0/s1. The van der Waals surface area contributed by atoms with Crippen LogP contribution in [0.3, 0.4) is 0 Å². The summed E-state index contributed by atoms with van der Waals surface area (Å²) in [5.41, 5.74) is 5.22. The average Bonchev–Trinajstić information content (AvgIpc) is 3.56. The molecule has 1 fully saturated rings. The fourth-order valence-corrected chi connectivity index (χ4v) is 4.67. The minimum atomic E-state index is -0.144. The van der Waals surface area contributed by atoms with Crippen LogP contribution in [0.15, 0.2) is 29.5 Å². The Morgan fingerprint density at radius 3 is 2.94 bits per heavy atom. The van der Waals surface area contributed by atoms with Gasteiger partial charge in [0.05, 0.1) is 48.9 Å². The molecule has 3 aromatic rings. The second kappa shape index (κ2) is 8.99. The molecule has 2 aliphatic heterocycles. The van der Waals surface area contributed by atoms with E-state index in [1.807, 2.05) is 0 Å². The molecule has 0 spiro atoms. The fraction of sp³-hybridized carbons (Fsp3) is 0.364. The molecule has 10 nitrogen and oxygen atoms in total. The van der Waals surface area contributed by atoms with E-state index in [9.17, 15) is 10.1 Å². The summed E-state index contributed by atoms with van der Waals surface area (Å²) in [4.78, 5) is 33.7. The predicted octanol–water partition coefficient (Wildman–Crippen LogP) is 2.06. The van der Waals surface area contributed by atoms with Crippen LogP contribution in [0.25, 0.3) is 0 Å². The van der Waals surface area contributed by atoms with Gasteiger partial charge in [0.25, 0.3) is 5.91 Å². The zero-order valence-corrected chi connectivity index (χ0v) is 18.8. The predicted molar refractivity (Wildman–Crippen MR) is 119 cm³/mol. The Kier molecular flexibility index (Phi) is 5.75. The first kappa shape index (κ1) is 21.1. The van der Waals surface area contributed by atoms with Crippen LogP contribution in [0, 0.1) is 11.3 Å². The number of carbonyl (C=O) groups is 1. The smallest absolute Gasteiger partial charge is 0.273 e. The van der Waals surface area contributed by atoms with E-state index in [-0.39, 0.29) is 12.0 Å². The third-order valence-electron chi connectivity index (χ3n) is 5.84. The molecular formula is C22H21N7O3S. The average molecular weight is 464 g/mol. The van der Waals surface area contributed by atoms with Crippen LogP contribution >= 0.6 is 11.3 Å². The quantitative estimate of drug-likeness (QED) is 0.560. The van der Waals surface area contributed by atoms with Gasteiger partial charge < -0.3 is 19.3 Å². The Morgan fingerprint density at radius 1 is 1.24 bits per heavy atom. The van der Waals surface area contributed by atoms with Crippen LogP contribution in [0.5, 0.6) is 11.8 Å². The molecule has 5 rings (SSSR count). The maximum absolute atomic E-state index is 12.6. The molecule has 1 amide bonds. The Morgan fingerprint density at radius 2 is 2.15 bits per heavy atom. The van der Waals surface area contributed by atoms with E-state index in [1.54, 1.807) is 28.1 Å². The highest BCUT2D eigenvalue weighted by Crippen LogP contribution is 2.31. The van der Waals surface area contributed by atoms with Crippen LogP contribution < -0.4 is 14.4 Å². The van der Waals surface area contributed by atoms with E-state index in [1.165, 1.54) is 24.8 Å². The fourth-order valence-electron chi connectivity index (χ4n) is 4.14. The molecule has 0 N–H and O–H groups in total. The maximum Gasteiger partial charge on any atom is 0.273 e. The molecule has 1 saturated heterocycles. The van der Waals surface area contributed by atoms with Crippen LogP contribution in [-0.2, 0) is 13.0 Å². The van der Waals surface area contributed by atoms with Crippen molar-refractivity contribution in [2.45, 2.75) is 25.5 Å². The molecule has 5 heterocycles. The highest BCUT2D eigenvalue weighted by Gasteiger charge is 2.31. The Balaban J connectivity index is 1.31. The molecule has 0 aliphatic carbocycles. The van der Waals surface area contributed by atoms with Gasteiger partial charge in [-0.25, -0.2) is 19.9 Å². The van der Waals surface area contributed by atoms with Gasteiger partial charge in [-0.05, 0) is 6.07 Å². The number of carbonyl (C=O) groups excluding carboxylic acids is 1. The van der Waals surface area contributed by atoms with Crippen molar-refractivity contribution < 1.29 is 14.3 Å². The van der Waals surface area contributed by atoms with Crippen molar-refractivity contribution in [2.75, 3.05) is 31.6 Å². The van der Waals surface area contributed by atoms with Gasteiger partial charge in [-0.2, -0.15) is 5.26 Å². The lowest BCUT2D eigenvalue weighted by Crippen LogP contribution is -2.33. The molecule has 0 unspecified atom stereocenters. The SMILES string of the molecule is COc1ncc(N2CCc3ncnc(O[C@H]4CCN(C(=O)c5cscn5)C4)c3C2)cc1C#N. The maximum atomic E-state index is 12.6. The molecule has 3 aromatic heterocycles. The number of methoxy groups -OCH3 is 1. The zero-order chi connectivity index (χ0) is 22.8. The van der Waals surface area contributed by atoms with E-state index < -0.39 is 0 Å². The Hall–Kier alpha value is -3.78. The van der Waals surface area contributed by atoms with Crippen molar-refractivity contribution in [1.29, 1.82) is 5.26 Å². The van der Waals surface area contributed by atoms with Gasteiger partial charge in [-0.1, -0.05) is 0 Å². The van der Waals surface area contributed by atoms with E-state index >= 15 is 0 Å². The monoisotopic (exact) mass is 463 g/mol. The van der Waals surface area contributed by atoms with Crippen molar-refractivity contribution >= 4 is 22.9 Å². The minimum absolute atomic E-state index is 0.0708. The van der Waals surface area contributed by atoms with Gasteiger partial charge >= 0.3 is 0 Å². The van der Waals surface area contributed by atoms with Gasteiger partial charge in [0.1, 0.15) is 29.8 Å². The molecule has 0 radical (unpaired) electrons.